The fourth-order valence-electron chi connectivity index (χ4n) is 5.95. The van der Waals surface area contributed by atoms with Crippen LogP contribution < -0.4 is 4.90 Å². The predicted octanol–water partition coefficient (Wildman–Crippen LogP) is 13.1. The molecule has 48 heavy (non-hydrogen) atoms. The van der Waals surface area contributed by atoms with E-state index < -0.39 is 0 Å². The summed E-state index contributed by atoms with van der Waals surface area (Å²) in [6.45, 7) is 0. The van der Waals surface area contributed by atoms with Gasteiger partial charge in [-0.1, -0.05) is 162 Å². The van der Waals surface area contributed by atoms with E-state index >= 15 is 0 Å². The van der Waals surface area contributed by atoms with Crippen LogP contribution >= 0.6 is 15.9 Å². The van der Waals surface area contributed by atoms with Crippen LogP contribution in [0.2, 0.25) is 0 Å². The lowest BCUT2D eigenvalue weighted by molar-refractivity contribution is 1.28. The van der Waals surface area contributed by atoms with Gasteiger partial charge in [-0.3, -0.25) is 0 Å². The molecule has 0 amide bonds. The van der Waals surface area contributed by atoms with Crippen LogP contribution in [-0.2, 0) is 0 Å². The van der Waals surface area contributed by atoms with Gasteiger partial charge >= 0.3 is 0 Å². The first kappa shape index (κ1) is 30.9. The maximum atomic E-state index is 3.62. The van der Waals surface area contributed by atoms with Gasteiger partial charge in [-0.2, -0.15) is 0 Å². The fourth-order valence-corrected chi connectivity index (χ4v) is 6.21. The Morgan fingerprint density at radius 3 is 0.896 bits per heavy atom. The van der Waals surface area contributed by atoms with Crippen molar-refractivity contribution in [1.82, 2.24) is 0 Å². The van der Waals surface area contributed by atoms with E-state index in [0.29, 0.717) is 0 Å². The molecule has 0 N–H and O–H groups in total. The van der Waals surface area contributed by atoms with Crippen LogP contribution in [-0.4, -0.2) is 0 Å². The van der Waals surface area contributed by atoms with Crippen molar-refractivity contribution >= 4 is 56.3 Å². The molecule has 0 aromatic heterocycles. The van der Waals surface area contributed by atoms with Gasteiger partial charge in [0.1, 0.15) is 0 Å². The van der Waals surface area contributed by atoms with Crippen molar-refractivity contribution < 1.29 is 0 Å². The molecule has 0 saturated carbocycles. The molecule has 7 aromatic carbocycles. The molecule has 0 aliphatic heterocycles. The van der Waals surface area contributed by atoms with Gasteiger partial charge in [-0.15, -0.1) is 0 Å². The molecule has 0 unspecified atom stereocenters. The van der Waals surface area contributed by atoms with Crippen LogP contribution in [0.15, 0.2) is 199 Å². The maximum absolute atomic E-state index is 3.62. The molecular formula is C46H34BrN. The zero-order valence-electron chi connectivity index (χ0n) is 26.5. The largest absolute Gasteiger partial charge is 0.311 e. The van der Waals surface area contributed by atoms with E-state index in [9.17, 15) is 0 Å². The third kappa shape index (κ3) is 7.31. The zero-order chi connectivity index (χ0) is 32.5. The highest BCUT2D eigenvalue weighted by Gasteiger charge is 2.13. The van der Waals surface area contributed by atoms with Crippen molar-refractivity contribution in [3.05, 3.63) is 232 Å². The van der Waals surface area contributed by atoms with Gasteiger partial charge in [0.15, 0.2) is 0 Å². The van der Waals surface area contributed by atoms with Gasteiger partial charge in [-0.25, -0.2) is 0 Å². The Kier molecular flexibility index (Phi) is 9.54. The third-order valence-corrected chi connectivity index (χ3v) is 8.88. The van der Waals surface area contributed by atoms with Gasteiger partial charge in [0.2, 0.25) is 0 Å². The molecule has 0 bridgehead atoms. The molecule has 0 spiro atoms. The Balaban J connectivity index is 1.25. The summed E-state index contributed by atoms with van der Waals surface area (Å²) in [5, 5.41) is 0. The number of rotatable bonds is 9. The molecular weight excluding hydrogens is 646 g/mol. The van der Waals surface area contributed by atoms with Gasteiger partial charge in [-0.05, 0) is 105 Å². The Labute approximate surface area is 291 Å². The standard InChI is InChI=1S/C46H34BrN/c47-41-25-31-44(32-26-41)48(42-27-21-35(22-28-42)33-45(37-13-5-1-6-14-37)38-15-7-2-8-16-38)43-29-23-36(24-30-43)34-46(39-17-9-3-10-18-39)40-19-11-4-12-20-40/h1-34H. The molecule has 0 saturated heterocycles. The summed E-state index contributed by atoms with van der Waals surface area (Å²) >= 11 is 3.62. The smallest absolute Gasteiger partial charge is 0.0462 e. The monoisotopic (exact) mass is 679 g/mol. The second-order valence-electron chi connectivity index (χ2n) is 11.6. The summed E-state index contributed by atoms with van der Waals surface area (Å²) in [6, 6.07) is 68.5. The number of hydrogen-bond acceptors (Lipinski definition) is 1. The van der Waals surface area contributed by atoms with Gasteiger partial charge in [0, 0.05) is 21.5 Å². The van der Waals surface area contributed by atoms with Crippen LogP contribution in [0.4, 0.5) is 17.1 Å². The topological polar surface area (TPSA) is 3.24 Å². The minimum absolute atomic E-state index is 1.05. The summed E-state index contributed by atoms with van der Waals surface area (Å²) < 4.78 is 1.05. The first-order chi connectivity index (χ1) is 23.7. The van der Waals surface area contributed by atoms with E-state index in [1.54, 1.807) is 0 Å². The molecule has 0 aliphatic carbocycles. The summed E-state index contributed by atoms with van der Waals surface area (Å²) in [7, 11) is 0. The first-order valence-electron chi connectivity index (χ1n) is 16.1. The zero-order valence-corrected chi connectivity index (χ0v) is 28.0. The van der Waals surface area contributed by atoms with Crippen LogP contribution in [0.1, 0.15) is 33.4 Å². The second kappa shape index (κ2) is 14.8. The first-order valence-corrected chi connectivity index (χ1v) is 16.9. The van der Waals surface area contributed by atoms with Crippen molar-refractivity contribution in [3.63, 3.8) is 0 Å². The van der Waals surface area contributed by atoms with Crippen molar-refractivity contribution in [3.8, 4) is 0 Å². The Hall–Kier alpha value is -5.70. The molecule has 230 valence electrons. The lowest BCUT2D eigenvalue weighted by atomic mass is 9.95. The molecule has 1 nitrogen and oxygen atoms in total. The van der Waals surface area contributed by atoms with E-state index in [0.717, 1.165) is 32.7 Å². The van der Waals surface area contributed by atoms with E-state index in [1.165, 1.54) is 33.4 Å². The Bertz CT molecular complexity index is 1900. The summed E-state index contributed by atoms with van der Waals surface area (Å²) in [5.41, 5.74) is 12.7. The summed E-state index contributed by atoms with van der Waals surface area (Å²) in [5.74, 6) is 0. The SMILES string of the molecule is Brc1ccc(N(c2ccc(C=C(c3ccccc3)c3ccccc3)cc2)c2ccc(C=C(c3ccccc3)c3ccccc3)cc2)cc1. The number of halogens is 1. The normalized spacial score (nSPS) is 10.6. The second-order valence-corrected chi connectivity index (χ2v) is 12.5. The number of nitrogens with zero attached hydrogens (tertiary/aromatic N) is 1. The third-order valence-electron chi connectivity index (χ3n) is 8.35. The average molecular weight is 681 g/mol. The highest BCUT2D eigenvalue weighted by atomic mass is 79.9. The van der Waals surface area contributed by atoms with E-state index in [-0.39, 0.29) is 0 Å². The molecule has 0 heterocycles. The molecule has 0 aliphatic rings. The van der Waals surface area contributed by atoms with Crippen LogP contribution in [0, 0.1) is 0 Å². The number of hydrogen-bond donors (Lipinski definition) is 0. The highest BCUT2D eigenvalue weighted by molar-refractivity contribution is 9.10. The van der Waals surface area contributed by atoms with Crippen LogP contribution in [0.3, 0.4) is 0 Å². The molecule has 0 radical (unpaired) electrons. The van der Waals surface area contributed by atoms with Gasteiger partial charge in [0.25, 0.3) is 0 Å². The molecule has 7 rings (SSSR count). The quantitative estimate of drug-likeness (QED) is 0.137. The lowest BCUT2D eigenvalue weighted by Crippen LogP contribution is -2.09. The number of anilines is 3. The number of benzene rings is 7. The molecule has 7 aromatic rings. The molecule has 2 heteroatoms. The summed E-state index contributed by atoms with van der Waals surface area (Å²) in [4.78, 5) is 2.30. The summed E-state index contributed by atoms with van der Waals surface area (Å²) in [6.07, 6.45) is 4.55. The van der Waals surface area contributed by atoms with E-state index in [4.69, 9.17) is 0 Å². The molecule has 0 fully saturated rings. The van der Waals surface area contributed by atoms with E-state index in [1.807, 2.05) is 0 Å². The minimum atomic E-state index is 1.05. The van der Waals surface area contributed by atoms with Crippen LogP contribution in [0.25, 0.3) is 23.3 Å². The Morgan fingerprint density at radius 1 is 0.333 bits per heavy atom. The minimum Gasteiger partial charge on any atom is -0.311 e. The Morgan fingerprint density at radius 2 is 0.604 bits per heavy atom. The van der Waals surface area contributed by atoms with Gasteiger partial charge < -0.3 is 4.90 Å². The van der Waals surface area contributed by atoms with E-state index in [2.05, 4.69) is 227 Å². The predicted molar refractivity (Wildman–Crippen MR) is 209 cm³/mol. The van der Waals surface area contributed by atoms with Gasteiger partial charge in [0.05, 0.1) is 0 Å². The lowest BCUT2D eigenvalue weighted by Gasteiger charge is -2.26. The van der Waals surface area contributed by atoms with Crippen molar-refractivity contribution in [2.24, 2.45) is 0 Å². The highest BCUT2D eigenvalue weighted by Crippen LogP contribution is 2.36. The fraction of sp³-hybridized carbons (Fsp3) is 0. The average Bonchev–Trinajstić information content (AvgIpc) is 3.16. The van der Waals surface area contributed by atoms with Crippen molar-refractivity contribution in [2.45, 2.75) is 0 Å². The van der Waals surface area contributed by atoms with Crippen molar-refractivity contribution in [2.75, 3.05) is 4.90 Å². The maximum Gasteiger partial charge on any atom is 0.0462 e. The van der Waals surface area contributed by atoms with Crippen molar-refractivity contribution in [1.29, 1.82) is 0 Å². The van der Waals surface area contributed by atoms with Crippen LogP contribution in [0.5, 0.6) is 0 Å². The molecule has 0 atom stereocenters.